The first kappa shape index (κ1) is 25.8. The van der Waals surface area contributed by atoms with Gasteiger partial charge in [-0.2, -0.15) is 0 Å². The van der Waals surface area contributed by atoms with Crippen molar-refractivity contribution < 1.29 is 13.9 Å². The maximum atomic E-state index is 12.8. The Balaban J connectivity index is 1.36. The maximum absolute atomic E-state index is 12.8. The number of thiazole rings is 1. The van der Waals surface area contributed by atoms with Crippen LogP contribution in [0.2, 0.25) is 0 Å². The van der Waals surface area contributed by atoms with Gasteiger partial charge in [0.05, 0.1) is 30.7 Å². The molecule has 2 aromatic carbocycles. The minimum Gasteiger partial charge on any atom is -0.495 e. The van der Waals surface area contributed by atoms with E-state index in [1.165, 1.54) is 56.3 Å². The number of benzene rings is 2. The van der Waals surface area contributed by atoms with Gasteiger partial charge in [-0.25, -0.2) is 9.78 Å². The van der Waals surface area contributed by atoms with Gasteiger partial charge in [0.15, 0.2) is 5.13 Å². The second-order valence-electron chi connectivity index (χ2n) is 8.83. The Morgan fingerprint density at radius 3 is 2.56 bits per heavy atom. The van der Waals surface area contributed by atoms with E-state index < -0.39 is 5.63 Å². The molecule has 0 aliphatic rings. The fourth-order valence-corrected chi connectivity index (χ4v) is 4.83. The second-order valence-corrected chi connectivity index (χ2v) is 9.69. The van der Waals surface area contributed by atoms with Crippen LogP contribution >= 0.6 is 11.3 Å². The minimum absolute atomic E-state index is 0.420. The monoisotopic (exact) mass is 506 g/mol. The lowest BCUT2D eigenvalue weighted by atomic mass is 10.1. The van der Waals surface area contributed by atoms with Crippen LogP contribution in [0.4, 0.5) is 10.8 Å². The first-order valence-corrected chi connectivity index (χ1v) is 13.6. The zero-order chi connectivity index (χ0) is 25.2. The molecule has 1 N–H and O–H groups in total. The lowest BCUT2D eigenvalue weighted by Crippen LogP contribution is -2.03. The first-order chi connectivity index (χ1) is 17.7. The molecule has 0 saturated carbocycles. The molecular formula is C29H34N2O4S. The van der Waals surface area contributed by atoms with Crippen molar-refractivity contribution in [2.75, 3.05) is 19.0 Å². The van der Waals surface area contributed by atoms with Crippen LogP contribution < -0.4 is 20.4 Å². The molecule has 0 bridgehead atoms. The molecule has 0 saturated heterocycles. The molecule has 4 rings (SSSR count). The quantitative estimate of drug-likeness (QED) is 0.137. The van der Waals surface area contributed by atoms with Crippen molar-refractivity contribution in [2.45, 2.75) is 58.3 Å². The average molecular weight is 507 g/mol. The standard InChI is InChI=1S/C29H34N2O4S/c1-3-4-5-6-7-8-9-12-17-34-22-16-15-21-18-23(28(32)35-27(21)19-22)25-20-36-29(31-25)30-24-13-10-11-14-26(24)33-2/h10-11,13-16,18-20H,3-9,12,17H2,1-2H3,(H,30,31). The van der Waals surface area contributed by atoms with E-state index in [1.807, 2.05) is 47.8 Å². The van der Waals surface area contributed by atoms with E-state index in [0.29, 0.717) is 28.6 Å². The smallest absolute Gasteiger partial charge is 0.345 e. The van der Waals surface area contributed by atoms with Gasteiger partial charge < -0.3 is 19.2 Å². The van der Waals surface area contributed by atoms with Crippen LogP contribution in [-0.2, 0) is 0 Å². The van der Waals surface area contributed by atoms with E-state index in [2.05, 4.69) is 17.2 Å². The molecule has 0 fully saturated rings. The van der Waals surface area contributed by atoms with Crippen molar-refractivity contribution in [1.82, 2.24) is 4.98 Å². The fraction of sp³-hybridized carbons (Fsp3) is 0.379. The summed E-state index contributed by atoms with van der Waals surface area (Å²) in [5, 5.41) is 6.59. The third-order valence-corrected chi connectivity index (χ3v) is 6.86. The number of fused-ring (bicyclic) bond motifs is 1. The molecule has 0 spiro atoms. The van der Waals surface area contributed by atoms with Crippen LogP contribution in [0.25, 0.3) is 22.2 Å². The number of para-hydroxylation sites is 2. The van der Waals surface area contributed by atoms with Crippen LogP contribution in [0.3, 0.4) is 0 Å². The highest BCUT2D eigenvalue weighted by Crippen LogP contribution is 2.31. The summed E-state index contributed by atoms with van der Waals surface area (Å²) in [5.74, 6) is 1.44. The molecule has 4 aromatic rings. The summed E-state index contributed by atoms with van der Waals surface area (Å²) < 4.78 is 16.9. The Labute approximate surface area is 216 Å². The first-order valence-electron chi connectivity index (χ1n) is 12.7. The zero-order valence-electron chi connectivity index (χ0n) is 21.0. The zero-order valence-corrected chi connectivity index (χ0v) is 21.9. The molecule has 0 unspecified atom stereocenters. The number of nitrogens with one attached hydrogen (secondary N) is 1. The summed E-state index contributed by atoms with van der Waals surface area (Å²) in [6, 6.07) is 15.1. The summed E-state index contributed by atoms with van der Waals surface area (Å²) in [6.07, 6.45) is 10.1. The van der Waals surface area contributed by atoms with Crippen LogP contribution in [0.1, 0.15) is 58.3 Å². The SMILES string of the molecule is CCCCCCCCCCOc1ccc2cc(-c3csc(Nc4ccccc4OC)n3)c(=O)oc2c1. The highest BCUT2D eigenvalue weighted by Gasteiger charge is 2.13. The van der Waals surface area contributed by atoms with Gasteiger partial charge in [-0.05, 0) is 36.8 Å². The number of hydrogen-bond acceptors (Lipinski definition) is 7. The number of nitrogens with zero attached hydrogens (tertiary/aromatic N) is 1. The van der Waals surface area contributed by atoms with Crippen molar-refractivity contribution in [1.29, 1.82) is 0 Å². The largest absolute Gasteiger partial charge is 0.495 e. The van der Waals surface area contributed by atoms with Crippen molar-refractivity contribution in [3.8, 4) is 22.8 Å². The van der Waals surface area contributed by atoms with E-state index in [1.54, 1.807) is 13.2 Å². The highest BCUT2D eigenvalue weighted by atomic mass is 32.1. The van der Waals surface area contributed by atoms with Gasteiger partial charge in [0, 0.05) is 16.8 Å². The van der Waals surface area contributed by atoms with Crippen molar-refractivity contribution in [3.05, 3.63) is 64.3 Å². The molecule has 0 aliphatic heterocycles. The van der Waals surface area contributed by atoms with Crippen molar-refractivity contribution in [2.24, 2.45) is 0 Å². The van der Waals surface area contributed by atoms with Gasteiger partial charge in [0.2, 0.25) is 0 Å². The summed E-state index contributed by atoms with van der Waals surface area (Å²) in [4.78, 5) is 17.3. The van der Waals surface area contributed by atoms with E-state index >= 15 is 0 Å². The van der Waals surface area contributed by atoms with E-state index in [0.717, 1.165) is 29.0 Å². The molecule has 0 aliphatic carbocycles. The molecule has 0 amide bonds. The average Bonchev–Trinajstić information content (AvgIpc) is 3.35. The minimum atomic E-state index is -0.420. The van der Waals surface area contributed by atoms with E-state index in [4.69, 9.17) is 13.9 Å². The van der Waals surface area contributed by atoms with Crippen molar-refractivity contribution in [3.63, 3.8) is 0 Å². The Bertz CT molecular complexity index is 1310. The molecule has 190 valence electrons. The molecule has 36 heavy (non-hydrogen) atoms. The van der Waals surface area contributed by atoms with Gasteiger partial charge in [-0.15, -0.1) is 11.3 Å². The third-order valence-electron chi connectivity index (χ3n) is 6.10. The predicted molar refractivity (Wildman–Crippen MR) is 148 cm³/mol. The predicted octanol–water partition coefficient (Wildman–Crippen LogP) is 8.19. The highest BCUT2D eigenvalue weighted by molar-refractivity contribution is 7.14. The Morgan fingerprint density at radius 2 is 1.75 bits per heavy atom. The fourth-order valence-electron chi connectivity index (χ4n) is 4.10. The molecule has 0 atom stereocenters. The number of hydrogen-bond donors (Lipinski definition) is 1. The normalized spacial score (nSPS) is 11.1. The van der Waals surface area contributed by atoms with Crippen LogP contribution in [0, 0.1) is 0 Å². The van der Waals surface area contributed by atoms with Crippen LogP contribution in [0.15, 0.2) is 63.1 Å². The third kappa shape index (κ3) is 6.88. The summed E-state index contributed by atoms with van der Waals surface area (Å²) >= 11 is 1.42. The van der Waals surface area contributed by atoms with Gasteiger partial charge in [-0.1, -0.05) is 64.0 Å². The van der Waals surface area contributed by atoms with Crippen LogP contribution in [0.5, 0.6) is 11.5 Å². The Kier molecular flexibility index (Phi) is 9.39. The molecule has 7 heteroatoms. The summed E-state index contributed by atoms with van der Waals surface area (Å²) in [6.45, 7) is 2.91. The van der Waals surface area contributed by atoms with Gasteiger partial charge in [-0.3, -0.25) is 0 Å². The second kappa shape index (κ2) is 13.1. The van der Waals surface area contributed by atoms with Gasteiger partial charge in [0.1, 0.15) is 17.1 Å². The van der Waals surface area contributed by atoms with E-state index in [9.17, 15) is 4.79 Å². The van der Waals surface area contributed by atoms with E-state index in [-0.39, 0.29) is 0 Å². The lowest BCUT2D eigenvalue weighted by molar-refractivity contribution is 0.304. The number of rotatable bonds is 14. The molecule has 2 aromatic heterocycles. The number of aromatic nitrogens is 1. The number of ether oxygens (including phenoxy) is 2. The van der Waals surface area contributed by atoms with Gasteiger partial charge in [0.25, 0.3) is 0 Å². The summed E-state index contributed by atoms with van der Waals surface area (Å²) in [5.41, 5.74) is 1.91. The van der Waals surface area contributed by atoms with Crippen molar-refractivity contribution >= 4 is 33.1 Å². The molecule has 2 heterocycles. The number of methoxy groups -OCH3 is 1. The number of unbranched alkanes of at least 4 members (excludes halogenated alkanes) is 7. The number of anilines is 2. The topological polar surface area (TPSA) is 73.6 Å². The summed E-state index contributed by atoms with van der Waals surface area (Å²) in [7, 11) is 1.63. The Hall–Kier alpha value is -3.32. The Morgan fingerprint density at radius 1 is 0.972 bits per heavy atom. The molecule has 0 radical (unpaired) electrons. The van der Waals surface area contributed by atoms with Gasteiger partial charge >= 0.3 is 5.63 Å². The maximum Gasteiger partial charge on any atom is 0.345 e. The molecular weight excluding hydrogens is 472 g/mol. The molecule has 6 nitrogen and oxygen atoms in total. The van der Waals surface area contributed by atoms with Crippen LogP contribution in [-0.4, -0.2) is 18.7 Å². The lowest BCUT2D eigenvalue weighted by Gasteiger charge is -2.08.